The van der Waals surface area contributed by atoms with Gasteiger partial charge in [0.1, 0.15) is 24.4 Å². The van der Waals surface area contributed by atoms with Crippen LogP contribution in [0.2, 0.25) is 0 Å². The zero-order valence-electron chi connectivity index (χ0n) is 12.3. The van der Waals surface area contributed by atoms with Gasteiger partial charge in [-0.2, -0.15) is 25.3 Å². The highest BCUT2D eigenvalue weighted by atomic mass is 32.1. The zero-order chi connectivity index (χ0) is 19.2. The summed E-state index contributed by atoms with van der Waals surface area (Å²) >= 11 is 7.51. The Morgan fingerprint density at radius 2 is 0.792 bits per heavy atom. The second-order valence-corrected chi connectivity index (χ2v) is 6.60. The highest BCUT2D eigenvalue weighted by Crippen LogP contribution is 2.20. The number of aliphatic carboxylic acids is 2. The predicted molar refractivity (Wildman–Crippen MR) is 86.1 cm³/mol. The van der Waals surface area contributed by atoms with Crippen molar-refractivity contribution in [2.75, 3.05) is 0 Å². The molecular formula is C12H22O10S2. The molecule has 0 saturated heterocycles. The van der Waals surface area contributed by atoms with Gasteiger partial charge in [-0.1, -0.05) is 0 Å². The second-order valence-electron chi connectivity index (χ2n) is 5.27. The topological polar surface area (TPSA) is 196 Å². The normalized spacial score (nSPS) is 21.8. The number of hydrogen-bond acceptors (Lipinski definition) is 10. The van der Waals surface area contributed by atoms with Gasteiger partial charge in [0, 0.05) is 10.5 Å². The van der Waals surface area contributed by atoms with E-state index in [1.54, 1.807) is 0 Å². The summed E-state index contributed by atoms with van der Waals surface area (Å²) in [5.41, 5.74) is 0. The van der Waals surface area contributed by atoms with Gasteiger partial charge in [-0.05, 0) is 0 Å². The molecule has 0 aliphatic carbocycles. The van der Waals surface area contributed by atoms with E-state index in [4.69, 9.17) is 10.2 Å². The van der Waals surface area contributed by atoms with Crippen LogP contribution >= 0.6 is 25.3 Å². The molecule has 0 aliphatic rings. The summed E-state index contributed by atoms with van der Waals surface area (Å²) in [7, 11) is 0. The van der Waals surface area contributed by atoms with Crippen LogP contribution in [-0.2, 0) is 9.59 Å². The van der Waals surface area contributed by atoms with Gasteiger partial charge >= 0.3 is 11.9 Å². The van der Waals surface area contributed by atoms with E-state index in [0.717, 1.165) is 0 Å². The van der Waals surface area contributed by atoms with Crippen molar-refractivity contribution in [3.8, 4) is 0 Å². The summed E-state index contributed by atoms with van der Waals surface area (Å²) in [5.74, 6) is -2.64. The van der Waals surface area contributed by atoms with E-state index in [2.05, 4.69) is 25.3 Å². The molecule has 8 atom stereocenters. The van der Waals surface area contributed by atoms with Crippen molar-refractivity contribution < 1.29 is 50.4 Å². The van der Waals surface area contributed by atoms with E-state index in [9.17, 15) is 40.2 Å². The van der Waals surface area contributed by atoms with Crippen molar-refractivity contribution in [3.63, 3.8) is 0 Å². The maximum atomic E-state index is 10.5. The maximum absolute atomic E-state index is 10.5. The van der Waals surface area contributed by atoms with E-state index in [-0.39, 0.29) is 0 Å². The Balaban J connectivity index is 4.85. The number of thiol groups is 2. The van der Waals surface area contributed by atoms with Gasteiger partial charge in [0.25, 0.3) is 0 Å². The Morgan fingerprint density at radius 1 is 0.583 bits per heavy atom. The first-order valence-electron chi connectivity index (χ1n) is 6.78. The summed E-state index contributed by atoms with van der Waals surface area (Å²) < 4.78 is 0. The van der Waals surface area contributed by atoms with E-state index >= 15 is 0 Å². The number of hydrogen-bond donors (Lipinski definition) is 10. The summed E-state index contributed by atoms with van der Waals surface area (Å²) in [6.45, 7) is 0. The Morgan fingerprint density at radius 3 is 1.00 bits per heavy atom. The molecule has 0 saturated carbocycles. The third kappa shape index (κ3) is 7.11. The first-order chi connectivity index (χ1) is 10.9. The van der Waals surface area contributed by atoms with Crippen LogP contribution in [-0.4, -0.2) is 99.9 Å². The van der Waals surface area contributed by atoms with Crippen molar-refractivity contribution in [1.29, 1.82) is 0 Å². The summed E-state index contributed by atoms with van der Waals surface area (Å²) in [6, 6.07) is 0. The Hall–Kier alpha value is -0.600. The van der Waals surface area contributed by atoms with Gasteiger partial charge in [0.15, 0.2) is 0 Å². The van der Waals surface area contributed by atoms with Gasteiger partial charge in [-0.15, -0.1) is 0 Å². The number of carboxylic acid groups (broad SMARTS) is 2. The lowest BCUT2D eigenvalue weighted by Crippen LogP contribution is -2.55. The standard InChI is InChI=1S/C12H22O10S2/c13-5(14)1-3(23)7(17)9(19)11(21)12(22)10(20)8(18)4(24)2-6(15)16/h3-4,7-12,17-24H,1-2H2,(H,13,14)(H,15,16)/t3?,4?,7?,8?,9-,10+,11-,12-/m1/s1. The lowest BCUT2D eigenvalue weighted by molar-refractivity contribution is -0.156. The molecule has 4 unspecified atom stereocenters. The van der Waals surface area contributed by atoms with Gasteiger partial charge in [0.2, 0.25) is 0 Å². The molecule has 0 aromatic rings. The van der Waals surface area contributed by atoms with Crippen molar-refractivity contribution >= 4 is 37.2 Å². The monoisotopic (exact) mass is 390 g/mol. The maximum Gasteiger partial charge on any atom is 0.304 e. The van der Waals surface area contributed by atoms with Gasteiger partial charge < -0.3 is 40.9 Å². The van der Waals surface area contributed by atoms with Crippen LogP contribution in [0.1, 0.15) is 12.8 Å². The molecule has 0 aromatic carbocycles. The third-order valence-corrected chi connectivity index (χ3v) is 4.28. The molecule has 142 valence electrons. The predicted octanol–water partition coefficient (Wildman–Crippen LogP) is -3.30. The Bertz CT molecular complexity index is 385. The number of aliphatic hydroxyl groups excluding tert-OH is 6. The molecule has 0 heterocycles. The van der Waals surface area contributed by atoms with Gasteiger partial charge in [-0.25, -0.2) is 0 Å². The van der Waals surface area contributed by atoms with Gasteiger partial charge in [-0.3, -0.25) is 9.59 Å². The first kappa shape index (κ1) is 23.4. The molecule has 0 spiro atoms. The van der Waals surface area contributed by atoms with Crippen LogP contribution < -0.4 is 0 Å². The molecule has 0 bridgehead atoms. The van der Waals surface area contributed by atoms with Crippen molar-refractivity contribution in [2.45, 2.75) is 60.0 Å². The number of rotatable bonds is 11. The fourth-order valence-corrected chi connectivity index (χ4v) is 2.53. The zero-order valence-corrected chi connectivity index (χ0v) is 14.1. The average Bonchev–Trinajstić information content (AvgIpc) is 2.48. The van der Waals surface area contributed by atoms with E-state index in [1.165, 1.54) is 0 Å². The van der Waals surface area contributed by atoms with Crippen LogP contribution in [0.4, 0.5) is 0 Å². The van der Waals surface area contributed by atoms with Gasteiger partial charge in [0.05, 0.1) is 25.0 Å². The lowest BCUT2D eigenvalue weighted by atomic mass is 9.93. The third-order valence-electron chi connectivity index (χ3n) is 3.31. The van der Waals surface area contributed by atoms with Crippen molar-refractivity contribution in [1.82, 2.24) is 0 Å². The number of carbonyl (C=O) groups is 2. The fourth-order valence-electron chi connectivity index (χ4n) is 1.86. The first-order valence-corrected chi connectivity index (χ1v) is 7.81. The molecule has 8 N–H and O–H groups in total. The summed E-state index contributed by atoms with van der Waals surface area (Å²) in [5, 5.41) is 73.0. The number of carboxylic acids is 2. The molecule has 0 rings (SSSR count). The van der Waals surface area contributed by atoms with Crippen LogP contribution in [0.3, 0.4) is 0 Å². The molecule has 24 heavy (non-hydrogen) atoms. The Kier molecular flexibility index (Phi) is 10.1. The minimum Gasteiger partial charge on any atom is -0.481 e. The molecule has 12 heteroatoms. The molecular weight excluding hydrogens is 368 g/mol. The lowest BCUT2D eigenvalue weighted by Gasteiger charge is -2.33. The van der Waals surface area contributed by atoms with E-state index in [1.807, 2.05) is 0 Å². The van der Waals surface area contributed by atoms with Crippen LogP contribution in [0.15, 0.2) is 0 Å². The molecule has 0 aliphatic heterocycles. The largest absolute Gasteiger partial charge is 0.481 e. The number of aliphatic hydroxyl groups is 6. The second kappa shape index (κ2) is 10.4. The smallest absolute Gasteiger partial charge is 0.304 e. The molecule has 0 amide bonds. The minimum absolute atomic E-state index is 0.646. The fraction of sp³-hybridized carbons (Fsp3) is 0.833. The van der Waals surface area contributed by atoms with Crippen molar-refractivity contribution in [2.24, 2.45) is 0 Å². The average molecular weight is 390 g/mol. The SMILES string of the molecule is O=C(O)CC(S)C(O)[C@@H](O)[C@@H](O)[C@H](O)[C@@H](O)C(O)C(S)CC(=O)O. The summed E-state index contributed by atoms with van der Waals surface area (Å²) in [6.07, 6.45) is -13.5. The van der Waals surface area contributed by atoms with E-state index < -0.39 is 71.9 Å². The highest BCUT2D eigenvalue weighted by molar-refractivity contribution is 7.81. The molecule has 10 nitrogen and oxygen atoms in total. The molecule has 0 aromatic heterocycles. The van der Waals surface area contributed by atoms with Crippen LogP contribution in [0.25, 0.3) is 0 Å². The van der Waals surface area contributed by atoms with E-state index in [0.29, 0.717) is 0 Å². The van der Waals surface area contributed by atoms with Crippen LogP contribution in [0, 0.1) is 0 Å². The van der Waals surface area contributed by atoms with Crippen molar-refractivity contribution in [3.05, 3.63) is 0 Å². The molecule has 0 radical (unpaired) electrons. The summed E-state index contributed by atoms with van der Waals surface area (Å²) in [4.78, 5) is 21.0. The quantitative estimate of drug-likeness (QED) is 0.160. The minimum atomic E-state index is -2.17. The highest BCUT2D eigenvalue weighted by Gasteiger charge is 2.40. The van der Waals surface area contributed by atoms with Crippen LogP contribution in [0.5, 0.6) is 0 Å². The Labute approximate surface area is 148 Å². The molecule has 0 fully saturated rings.